The van der Waals surface area contributed by atoms with E-state index in [4.69, 9.17) is 10.5 Å². The van der Waals surface area contributed by atoms with Crippen LogP contribution >= 0.6 is 12.4 Å². The SMILES string of the molecule is COc1ccc([C@@H](N)C2CCCCC2)c(F)c1.Cl. The molecule has 2 nitrogen and oxygen atoms in total. The van der Waals surface area contributed by atoms with E-state index in [0.29, 0.717) is 17.2 Å². The third kappa shape index (κ3) is 3.36. The van der Waals surface area contributed by atoms with Gasteiger partial charge in [-0.05, 0) is 24.8 Å². The molecule has 18 heavy (non-hydrogen) atoms. The molecule has 0 aliphatic heterocycles. The molecule has 1 atom stereocenters. The molecular formula is C14H21ClFNO. The fraction of sp³-hybridized carbons (Fsp3) is 0.571. The second kappa shape index (κ2) is 6.95. The lowest BCUT2D eigenvalue weighted by Crippen LogP contribution is -2.24. The van der Waals surface area contributed by atoms with Gasteiger partial charge in [-0.15, -0.1) is 12.4 Å². The highest BCUT2D eigenvalue weighted by atomic mass is 35.5. The average Bonchev–Trinajstić information content (AvgIpc) is 2.39. The first-order valence-electron chi connectivity index (χ1n) is 6.31. The van der Waals surface area contributed by atoms with Crippen molar-refractivity contribution in [2.45, 2.75) is 38.1 Å². The number of benzene rings is 1. The summed E-state index contributed by atoms with van der Waals surface area (Å²) in [5.74, 6) is 0.719. The van der Waals surface area contributed by atoms with Gasteiger partial charge in [-0.3, -0.25) is 0 Å². The number of nitrogens with two attached hydrogens (primary N) is 1. The van der Waals surface area contributed by atoms with Gasteiger partial charge >= 0.3 is 0 Å². The van der Waals surface area contributed by atoms with Crippen molar-refractivity contribution in [2.24, 2.45) is 11.7 Å². The minimum Gasteiger partial charge on any atom is -0.497 e. The van der Waals surface area contributed by atoms with Gasteiger partial charge in [0.05, 0.1) is 7.11 Å². The van der Waals surface area contributed by atoms with Gasteiger partial charge in [-0.1, -0.05) is 25.3 Å². The van der Waals surface area contributed by atoms with Crippen molar-refractivity contribution in [3.05, 3.63) is 29.6 Å². The largest absolute Gasteiger partial charge is 0.497 e. The third-order valence-corrected chi connectivity index (χ3v) is 3.72. The lowest BCUT2D eigenvalue weighted by atomic mass is 9.81. The molecule has 1 fully saturated rings. The Hall–Kier alpha value is -0.800. The summed E-state index contributed by atoms with van der Waals surface area (Å²) in [5, 5.41) is 0. The monoisotopic (exact) mass is 273 g/mol. The summed E-state index contributed by atoms with van der Waals surface area (Å²) >= 11 is 0. The van der Waals surface area contributed by atoms with E-state index in [9.17, 15) is 4.39 Å². The molecule has 0 aromatic heterocycles. The highest BCUT2D eigenvalue weighted by Gasteiger charge is 2.24. The zero-order chi connectivity index (χ0) is 12.3. The molecule has 0 spiro atoms. The Kier molecular flexibility index (Phi) is 5.89. The second-order valence-corrected chi connectivity index (χ2v) is 4.81. The van der Waals surface area contributed by atoms with E-state index < -0.39 is 0 Å². The number of methoxy groups -OCH3 is 1. The quantitative estimate of drug-likeness (QED) is 0.908. The molecule has 2 N–H and O–H groups in total. The van der Waals surface area contributed by atoms with Gasteiger partial charge in [-0.2, -0.15) is 0 Å². The van der Waals surface area contributed by atoms with Crippen LogP contribution in [-0.4, -0.2) is 7.11 Å². The van der Waals surface area contributed by atoms with Crippen LogP contribution < -0.4 is 10.5 Å². The van der Waals surface area contributed by atoms with Crippen molar-refractivity contribution in [1.29, 1.82) is 0 Å². The van der Waals surface area contributed by atoms with Gasteiger partial charge < -0.3 is 10.5 Å². The van der Waals surface area contributed by atoms with E-state index in [1.165, 1.54) is 32.4 Å². The van der Waals surface area contributed by atoms with Crippen molar-refractivity contribution >= 4 is 12.4 Å². The van der Waals surface area contributed by atoms with E-state index in [2.05, 4.69) is 0 Å². The Morgan fingerprint density at radius 3 is 2.50 bits per heavy atom. The normalized spacial score (nSPS) is 17.9. The topological polar surface area (TPSA) is 35.2 Å². The molecule has 0 saturated heterocycles. The van der Waals surface area contributed by atoms with Crippen LogP contribution in [0.2, 0.25) is 0 Å². The molecule has 1 aliphatic rings. The highest BCUT2D eigenvalue weighted by Crippen LogP contribution is 2.34. The first-order chi connectivity index (χ1) is 8.22. The molecule has 2 rings (SSSR count). The predicted octanol–water partition coefficient (Wildman–Crippen LogP) is 3.84. The Morgan fingerprint density at radius 1 is 1.28 bits per heavy atom. The van der Waals surface area contributed by atoms with Crippen LogP contribution in [0.15, 0.2) is 18.2 Å². The first-order valence-corrected chi connectivity index (χ1v) is 6.31. The van der Waals surface area contributed by atoms with Crippen LogP contribution in [0.3, 0.4) is 0 Å². The van der Waals surface area contributed by atoms with E-state index in [1.807, 2.05) is 0 Å². The van der Waals surface area contributed by atoms with E-state index >= 15 is 0 Å². The van der Waals surface area contributed by atoms with Crippen molar-refractivity contribution in [1.82, 2.24) is 0 Å². The molecule has 4 heteroatoms. The Labute approximate surface area is 114 Å². The van der Waals surface area contributed by atoms with Gasteiger partial charge in [0.1, 0.15) is 11.6 Å². The highest BCUT2D eigenvalue weighted by molar-refractivity contribution is 5.85. The molecule has 0 unspecified atom stereocenters. The van der Waals surface area contributed by atoms with Gasteiger partial charge in [0.2, 0.25) is 0 Å². The van der Waals surface area contributed by atoms with Crippen molar-refractivity contribution in [3.8, 4) is 5.75 Å². The maximum Gasteiger partial charge on any atom is 0.131 e. The molecule has 1 aromatic carbocycles. The molecule has 0 radical (unpaired) electrons. The molecule has 0 heterocycles. The zero-order valence-electron chi connectivity index (χ0n) is 10.7. The lowest BCUT2D eigenvalue weighted by Gasteiger charge is -2.28. The predicted molar refractivity (Wildman–Crippen MR) is 73.7 cm³/mol. The van der Waals surface area contributed by atoms with Crippen molar-refractivity contribution in [3.63, 3.8) is 0 Å². The number of ether oxygens (including phenoxy) is 1. The van der Waals surface area contributed by atoms with Crippen LogP contribution in [0.5, 0.6) is 5.75 Å². The maximum absolute atomic E-state index is 13.9. The molecule has 102 valence electrons. The summed E-state index contributed by atoms with van der Waals surface area (Å²) in [6.45, 7) is 0. The van der Waals surface area contributed by atoms with Crippen LogP contribution in [0.4, 0.5) is 4.39 Å². The fourth-order valence-corrected chi connectivity index (χ4v) is 2.65. The van der Waals surface area contributed by atoms with Crippen molar-refractivity contribution < 1.29 is 9.13 Å². The summed E-state index contributed by atoms with van der Waals surface area (Å²) in [4.78, 5) is 0. The summed E-state index contributed by atoms with van der Waals surface area (Å²) in [7, 11) is 1.54. The van der Waals surface area contributed by atoms with Crippen LogP contribution in [0.1, 0.15) is 43.7 Å². The third-order valence-electron chi connectivity index (χ3n) is 3.72. The molecule has 1 aromatic rings. The minimum atomic E-state index is -0.248. The van der Waals surface area contributed by atoms with Gasteiger partial charge in [0.15, 0.2) is 0 Å². The van der Waals surface area contributed by atoms with E-state index in [1.54, 1.807) is 12.1 Å². The van der Waals surface area contributed by atoms with Gasteiger partial charge in [0.25, 0.3) is 0 Å². The van der Waals surface area contributed by atoms with Crippen LogP contribution in [-0.2, 0) is 0 Å². The first kappa shape index (κ1) is 15.3. The smallest absolute Gasteiger partial charge is 0.131 e. The lowest BCUT2D eigenvalue weighted by molar-refractivity contribution is 0.303. The molecule has 1 saturated carbocycles. The zero-order valence-corrected chi connectivity index (χ0v) is 11.5. The molecule has 0 amide bonds. The number of hydrogen-bond donors (Lipinski definition) is 1. The van der Waals surface area contributed by atoms with Crippen molar-refractivity contribution in [2.75, 3.05) is 7.11 Å². The standard InChI is InChI=1S/C14H20FNO.ClH/c1-17-11-7-8-12(13(15)9-11)14(16)10-5-3-2-4-6-10;/h7-10,14H,2-6,16H2,1H3;1H/t14-;/m0./s1. The minimum absolute atomic E-state index is 0. The second-order valence-electron chi connectivity index (χ2n) is 4.81. The van der Waals surface area contributed by atoms with Gasteiger partial charge in [0, 0.05) is 17.7 Å². The van der Waals surface area contributed by atoms with Gasteiger partial charge in [-0.25, -0.2) is 4.39 Å². The molecular weight excluding hydrogens is 253 g/mol. The molecule has 0 bridgehead atoms. The molecule has 1 aliphatic carbocycles. The van der Waals surface area contributed by atoms with E-state index in [0.717, 1.165) is 12.8 Å². The van der Waals surface area contributed by atoms with Crippen LogP contribution in [0, 0.1) is 11.7 Å². The number of halogens is 2. The summed E-state index contributed by atoms with van der Waals surface area (Å²) in [5.41, 5.74) is 6.80. The average molecular weight is 274 g/mol. The number of rotatable bonds is 3. The Bertz CT molecular complexity index is 380. The van der Waals surface area contributed by atoms with E-state index in [-0.39, 0.29) is 24.3 Å². The summed E-state index contributed by atoms with van der Waals surface area (Å²) in [6, 6.07) is 4.77. The summed E-state index contributed by atoms with van der Waals surface area (Å²) in [6.07, 6.45) is 5.96. The summed E-state index contributed by atoms with van der Waals surface area (Å²) < 4.78 is 18.9. The Morgan fingerprint density at radius 2 is 1.94 bits per heavy atom. The number of hydrogen-bond acceptors (Lipinski definition) is 2. The Balaban J connectivity index is 0.00000162. The van der Waals surface area contributed by atoms with Crippen LogP contribution in [0.25, 0.3) is 0 Å². The maximum atomic E-state index is 13.9. The fourth-order valence-electron chi connectivity index (χ4n) is 2.65.